The van der Waals surface area contributed by atoms with Gasteiger partial charge in [0.25, 0.3) is 5.91 Å². The maximum Gasteiger partial charge on any atom is 0.263 e. The minimum absolute atomic E-state index is 0.186. The Morgan fingerprint density at radius 3 is 2.72 bits per heavy atom. The molecular formula is C16H12F2N6O. The van der Waals surface area contributed by atoms with Crippen molar-refractivity contribution in [3.05, 3.63) is 65.7 Å². The van der Waals surface area contributed by atoms with Crippen molar-refractivity contribution in [2.24, 2.45) is 5.10 Å². The minimum atomic E-state index is -0.990. The number of hydrogen-bond donors (Lipinski definition) is 1. The number of aromatic nitrogens is 4. The summed E-state index contributed by atoms with van der Waals surface area (Å²) in [7, 11) is 0. The SMILES string of the molecule is O=C(Cn1nnc(-c2ccccc2)n1)N/N=C/c1ccc(F)c(F)c1. The lowest BCUT2D eigenvalue weighted by Gasteiger charge is -1.98. The van der Waals surface area contributed by atoms with Crippen molar-refractivity contribution >= 4 is 12.1 Å². The van der Waals surface area contributed by atoms with Gasteiger partial charge in [-0.3, -0.25) is 4.79 Å². The molecule has 2 aromatic carbocycles. The molecule has 0 bridgehead atoms. The van der Waals surface area contributed by atoms with Gasteiger partial charge in [-0.25, -0.2) is 14.2 Å². The summed E-state index contributed by atoms with van der Waals surface area (Å²) < 4.78 is 25.8. The normalized spacial score (nSPS) is 11.0. The van der Waals surface area contributed by atoms with E-state index in [-0.39, 0.29) is 6.54 Å². The van der Waals surface area contributed by atoms with E-state index < -0.39 is 17.5 Å². The first kappa shape index (κ1) is 16.4. The van der Waals surface area contributed by atoms with Gasteiger partial charge in [-0.05, 0) is 22.9 Å². The number of hydrazone groups is 1. The topological polar surface area (TPSA) is 85.1 Å². The van der Waals surface area contributed by atoms with Gasteiger partial charge in [0.2, 0.25) is 5.82 Å². The van der Waals surface area contributed by atoms with Crippen molar-refractivity contribution < 1.29 is 13.6 Å². The fourth-order valence-electron chi connectivity index (χ4n) is 1.95. The average Bonchev–Trinajstić information content (AvgIpc) is 3.07. The predicted octanol–water partition coefficient (Wildman–Crippen LogP) is 1.77. The monoisotopic (exact) mass is 342 g/mol. The molecule has 0 aliphatic heterocycles. The summed E-state index contributed by atoms with van der Waals surface area (Å²) in [6, 6.07) is 12.5. The highest BCUT2D eigenvalue weighted by molar-refractivity contribution is 5.82. The number of hydrogen-bond acceptors (Lipinski definition) is 5. The van der Waals surface area contributed by atoms with Crippen LogP contribution in [0.5, 0.6) is 0 Å². The van der Waals surface area contributed by atoms with E-state index in [4.69, 9.17) is 0 Å². The number of nitrogens with one attached hydrogen (secondary N) is 1. The number of carbonyl (C=O) groups excluding carboxylic acids is 1. The molecule has 9 heteroatoms. The number of amides is 1. The van der Waals surface area contributed by atoms with Gasteiger partial charge in [0.1, 0.15) is 6.54 Å². The van der Waals surface area contributed by atoms with Crippen LogP contribution < -0.4 is 5.43 Å². The van der Waals surface area contributed by atoms with E-state index in [1.165, 1.54) is 12.3 Å². The van der Waals surface area contributed by atoms with Crippen molar-refractivity contribution in [2.45, 2.75) is 6.54 Å². The summed E-state index contributed by atoms with van der Waals surface area (Å²) in [6.45, 7) is -0.186. The minimum Gasteiger partial charge on any atom is -0.271 e. The highest BCUT2D eigenvalue weighted by Gasteiger charge is 2.08. The van der Waals surface area contributed by atoms with Crippen molar-refractivity contribution in [1.29, 1.82) is 0 Å². The second kappa shape index (κ2) is 7.39. The van der Waals surface area contributed by atoms with Crippen LogP contribution in [0.1, 0.15) is 5.56 Å². The van der Waals surface area contributed by atoms with E-state index in [0.717, 1.165) is 22.5 Å². The summed E-state index contributed by atoms with van der Waals surface area (Å²) in [4.78, 5) is 12.9. The largest absolute Gasteiger partial charge is 0.271 e. The summed E-state index contributed by atoms with van der Waals surface area (Å²) in [5.74, 6) is -2.03. The highest BCUT2D eigenvalue weighted by atomic mass is 19.2. The van der Waals surface area contributed by atoms with Gasteiger partial charge in [-0.1, -0.05) is 36.4 Å². The van der Waals surface area contributed by atoms with Crippen LogP contribution in [0, 0.1) is 11.6 Å². The highest BCUT2D eigenvalue weighted by Crippen LogP contribution is 2.11. The molecule has 0 saturated carbocycles. The second-order valence-corrected chi connectivity index (χ2v) is 4.98. The molecule has 25 heavy (non-hydrogen) atoms. The quantitative estimate of drug-likeness (QED) is 0.566. The standard InChI is InChI=1S/C16H12F2N6O/c17-13-7-6-11(8-14(13)18)9-19-20-15(25)10-24-22-16(21-23-24)12-4-2-1-3-5-12/h1-9H,10H2,(H,20,25)/b19-9+. The van der Waals surface area contributed by atoms with Gasteiger partial charge >= 0.3 is 0 Å². The van der Waals surface area contributed by atoms with Gasteiger partial charge in [0.15, 0.2) is 11.6 Å². The van der Waals surface area contributed by atoms with Crippen LogP contribution in [0.3, 0.4) is 0 Å². The third kappa shape index (κ3) is 4.28. The van der Waals surface area contributed by atoms with Crippen molar-refractivity contribution in [1.82, 2.24) is 25.6 Å². The van der Waals surface area contributed by atoms with E-state index in [1.807, 2.05) is 30.3 Å². The number of halogens is 2. The number of carbonyl (C=O) groups is 1. The fourth-order valence-corrected chi connectivity index (χ4v) is 1.95. The average molecular weight is 342 g/mol. The van der Waals surface area contributed by atoms with Gasteiger partial charge in [-0.15, -0.1) is 10.2 Å². The number of rotatable bonds is 5. The van der Waals surface area contributed by atoms with Crippen molar-refractivity contribution in [3.8, 4) is 11.4 Å². The molecule has 0 fully saturated rings. The molecule has 1 aromatic heterocycles. The molecule has 0 aliphatic rings. The lowest BCUT2D eigenvalue weighted by atomic mass is 10.2. The zero-order valence-corrected chi connectivity index (χ0v) is 12.8. The first-order valence-corrected chi connectivity index (χ1v) is 7.22. The molecule has 126 valence electrons. The van der Waals surface area contributed by atoms with Gasteiger partial charge in [0.05, 0.1) is 6.21 Å². The fraction of sp³-hybridized carbons (Fsp3) is 0.0625. The van der Waals surface area contributed by atoms with E-state index >= 15 is 0 Å². The molecule has 1 N–H and O–H groups in total. The summed E-state index contributed by atoms with van der Waals surface area (Å²) in [5, 5.41) is 15.4. The smallest absolute Gasteiger partial charge is 0.263 e. The molecule has 0 atom stereocenters. The Balaban J connectivity index is 1.57. The molecular weight excluding hydrogens is 330 g/mol. The van der Waals surface area contributed by atoms with Crippen LogP contribution in [0.4, 0.5) is 8.78 Å². The molecule has 0 radical (unpaired) electrons. The summed E-state index contributed by atoms with van der Waals surface area (Å²) >= 11 is 0. The maximum atomic E-state index is 13.0. The van der Waals surface area contributed by atoms with Crippen LogP contribution in [0.2, 0.25) is 0 Å². The van der Waals surface area contributed by atoms with Gasteiger partial charge in [0, 0.05) is 5.56 Å². The first-order chi connectivity index (χ1) is 12.1. The number of nitrogens with zero attached hydrogens (tertiary/aromatic N) is 5. The Kier molecular flexibility index (Phi) is 4.84. The Bertz CT molecular complexity index is 910. The second-order valence-electron chi connectivity index (χ2n) is 4.98. The van der Waals surface area contributed by atoms with E-state index in [1.54, 1.807) is 0 Å². The van der Waals surface area contributed by atoms with E-state index in [9.17, 15) is 13.6 Å². The Labute approximate surface area is 141 Å². The molecule has 3 aromatic rings. The first-order valence-electron chi connectivity index (χ1n) is 7.22. The Morgan fingerprint density at radius 2 is 1.96 bits per heavy atom. The van der Waals surface area contributed by atoms with Gasteiger partial charge < -0.3 is 0 Å². The van der Waals surface area contributed by atoms with Gasteiger partial charge in [-0.2, -0.15) is 9.90 Å². The molecule has 0 saturated heterocycles. The predicted molar refractivity (Wildman–Crippen MR) is 85.3 cm³/mol. The van der Waals surface area contributed by atoms with E-state index in [0.29, 0.717) is 11.4 Å². The number of tetrazole rings is 1. The van der Waals surface area contributed by atoms with Crippen LogP contribution in [-0.4, -0.2) is 32.3 Å². The van der Waals surface area contributed by atoms with Crippen LogP contribution in [-0.2, 0) is 11.3 Å². The lowest BCUT2D eigenvalue weighted by Crippen LogP contribution is -2.24. The van der Waals surface area contributed by atoms with Crippen molar-refractivity contribution in [2.75, 3.05) is 0 Å². The lowest BCUT2D eigenvalue weighted by molar-refractivity contribution is -0.122. The van der Waals surface area contributed by atoms with Crippen LogP contribution >= 0.6 is 0 Å². The molecule has 0 aliphatic carbocycles. The third-order valence-electron chi connectivity index (χ3n) is 3.12. The number of benzene rings is 2. The van der Waals surface area contributed by atoms with E-state index in [2.05, 4.69) is 25.9 Å². The van der Waals surface area contributed by atoms with Crippen LogP contribution in [0.25, 0.3) is 11.4 Å². The summed E-state index contributed by atoms with van der Waals surface area (Å²) in [5.41, 5.74) is 3.34. The molecule has 7 nitrogen and oxygen atoms in total. The molecule has 1 heterocycles. The molecule has 0 spiro atoms. The van der Waals surface area contributed by atoms with Crippen LogP contribution in [0.15, 0.2) is 53.6 Å². The zero-order chi connectivity index (χ0) is 17.6. The molecule has 1 amide bonds. The summed E-state index contributed by atoms with van der Waals surface area (Å²) in [6.07, 6.45) is 1.20. The molecule has 0 unspecified atom stereocenters. The maximum absolute atomic E-state index is 13.0. The Hall–Kier alpha value is -3.49. The molecule has 3 rings (SSSR count). The zero-order valence-electron chi connectivity index (χ0n) is 12.8. The van der Waals surface area contributed by atoms with Crippen molar-refractivity contribution in [3.63, 3.8) is 0 Å². The Morgan fingerprint density at radius 1 is 1.16 bits per heavy atom. The third-order valence-corrected chi connectivity index (χ3v) is 3.12.